The number of amides is 1. The Balaban J connectivity index is 1.36. The van der Waals surface area contributed by atoms with Gasteiger partial charge in [0.25, 0.3) is 0 Å². The number of ether oxygens (including phenoxy) is 1. The molecule has 0 aliphatic heterocycles. The molecule has 4 saturated carbocycles. The van der Waals surface area contributed by atoms with Crippen LogP contribution >= 0.6 is 0 Å². The van der Waals surface area contributed by atoms with E-state index in [9.17, 15) is 4.79 Å². The van der Waals surface area contributed by atoms with Crippen LogP contribution in [0.1, 0.15) is 55.2 Å². The van der Waals surface area contributed by atoms with E-state index in [2.05, 4.69) is 72.8 Å². The van der Waals surface area contributed by atoms with Crippen LogP contribution in [0.15, 0.2) is 48.5 Å². The molecule has 1 N–H and O–H groups in total. The summed E-state index contributed by atoms with van der Waals surface area (Å²) in [6.45, 7) is 1.51. The average Bonchev–Trinajstić information content (AvgIpc) is 2.77. The van der Waals surface area contributed by atoms with Crippen LogP contribution in [-0.2, 0) is 23.3 Å². The summed E-state index contributed by atoms with van der Waals surface area (Å²) < 4.78 is 5.39. The Morgan fingerprint density at radius 1 is 1.00 bits per heavy atom. The maximum Gasteiger partial charge on any atom is 0.226 e. The minimum Gasteiger partial charge on any atom is -0.497 e. The summed E-state index contributed by atoms with van der Waals surface area (Å²) in [5, 5.41) is 3.38. The predicted octanol–water partition coefficient (Wildman–Crippen LogP) is 4.91. The number of methoxy groups -OCH3 is 1. The van der Waals surface area contributed by atoms with Crippen molar-refractivity contribution in [1.82, 2.24) is 10.2 Å². The minimum absolute atomic E-state index is 0.149. The number of hydrogen-bond donors (Lipinski definition) is 1. The molecule has 170 valence electrons. The highest BCUT2D eigenvalue weighted by atomic mass is 16.5. The van der Waals surface area contributed by atoms with Gasteiger partial charge in [-0.15, -0.1) is 0 Å². The Bertz CT molecular complexity index is 967. The first-order chi connectivity index (χ1) is 15.4. The van der Waals surface area contributed by atoms with E-state index in [0.29, 0.717) is 18.4 Å². The number of benzene rings is 2. The van der Waals surface area contributed by atoms with Crippen LogP contribution in [0.4, 0.5) is 0 Å². The summed E-state index contributed by atoms with van der Waals surface area (Å²) in [4.78, 5) is 15.9. The van der Waals surface area contributed by atoms with E-state index in [4.69, 9.17) is 4.74 Å². The smallest absolute Gasteiger partial charge is 0.226 e. The number of hydrogen-bond acceptors (Lipinski definition) is 3. The van der Waals surface area contributed by atoms with Crippen LogP contribution in [0.5, 0.6) is 5.75 Å². The SMILES string of the molecule is COc1ccc(C23C[C@@H]4C[C@H](CC(C(=O)NCc5ccccc5CN(C)C)(C4)C2)C3)cc1. The van der Waals surface area contributed by atoms with Gasteiger partial charge in [0, 0.05) is 13.1 Å². The van der Waals surface area contributed by atoms with Crippen LogP contribution in [0.3, 0.4) is 0 Å². The van der Waals surface area contributed by atoms with Crippen LogP contribution in [0.2, 0.25) is 0 Å². The predicted molar refractivity (Wildman–Crippen MR) is 127 cm³/mol. The van der Waals surface area contributed by atoms with Crippen molar-refractivity contribution in [3.63, 3.8) is 0 Å². The third-order valence-corrected chi connectivity index (χ3v) is 8.29. The van der Waals surface area contributed by atoms with Gasteiger partial charge in [-0.1, -0.05) is 36.4 Å². The first kappa shape index (κ1) is 21.5. The summed E-state index contributed by atoms with van der Waals surface area (Å²) in [5.74, 6) is 2.53. The second kappa shape index (κ2) is 8.22. The Morgan fingerprint density at radius 3 is 2.28 bits per heavy atom. The summed E-state index contributed by atoms with van der Waals surface area (Å²) in [7, 11) is 5.89. The third kappa shape index (κ3) is 3.83. The van der Waals surface area contributed by atoms with Crippen molar-refractivity contribution in [3.05, 3.63) is 65.2 Å². The van der Waals surface area contributed by atoms with Gasteiger partial charge in [-0.05, 0) is 98.7 Å². The molecule has 0 saturated heterocycles. The van der Waals surface area contributed by atoms with Crippen LogP contribution in [0.25, 0.3) is 0 Å². The van der Waals surface area contributed by atoms with E-state index in [1.165, 1.54) is 36.0 Å². The zero-order valence-electron chi connectivity index (χ0n) is 19.7. The zero-order chi connectivity index (χ0) is 22.3. The highest BCUT2D eigenvalue weighted by Crippen LogP contribution is 2.65. The van der Waals surface area contributed by atoms with Gasteiger partial charge in [0.15, 0.2) is 0 Å². The van der Waals surface area contributed by atoms with Gasteiger partial charge < -0.3 is 15.0 Å². The molecule has 4 heteroatoms. The second-order valence-corrected chi connectivity index (χ2v) is 10.9. The lowest BCUT2D eigenvalue weighted by atomic mass is 9.42. The molecule has 2 atom stereocenters. The van der Waals surface area contributed by atoms with Crippen molar-refractivity contribution in [3.8, 4) is 5.75 Å². The number of nitrogens with zero attached hydrogens (tertiary/aromatic N) is 1. The molecule has 4 nitrogen and oxygen atoms in total. The van der Waals surface area contributed by atoms with Gasteiger partial charge in [-0.25, -0.2) is 0 Å². The highest BCUT2D eigenvalue weighted by molar-refractivity contribution is 5.83. The summed E-state index contributed by atoms with van der Waals surface area (Å²) in [6, 6.07) is 17.1. The lowest BCUT2D eigenvalue weighted by Crippen LogP contribution is -2.59. The average molecular weight is 433 g/mol. The Labute approximate surface area is 192 Å². The maximum absolute atomic E-state index is 13.7. The van der Waals surface area contributed by atoms with Gasteiger partial charge in [-0.3, -0.25) is 4.79 Å². The highest BCUT2D eigenvalue weighted by Gasteiger charge is 2.60. The Hall–Kier alpha value is -2.33. The molecule has 4 aliphatic rings. The van der Waals surface area contributed by atoms with E-state index in [1.807, 2.05) is 0 Å². The van der Waals surface area contributed by atoms with Crippen molar-refractivity contribution in [1.29, 1.82) is 0 Å². The normalized spacial score (nSPS) is 30.5. The van der Waals surface area contributed by atoms with E-state index in [-0.39, 0.29) is 16.7 Å². The monoisotopic (exact) mass is 432 g/mol. The molecule has 0 spiro atoms. The fourth-order valence-corrected chi connectivity index (χ4v) is 7.40. The first-order valence-electron chi connectivity index (χ1n) is 12.1. The molecular weight excluding hydrogens is 396 g/mol. The first-order valence-corrected chi connectivity index (χ1v) is 12.1. The van der Waals surface area contributed by atoms with E-state index in [1.54, 1.807) is 7.11 Å². The van der Waals surface area contributed by atoms with Crippen LogP contribution in [0, 0.1) is 17.3 Å². The van der Waals surface area contributed by atoms with Gasteiger partial charge in [-0.2, -0.15) is 0 Å². The maximum atomic E-state index is 13.7. The topological polar surface area (TPSA) is 41.6 Å². The second-order valence-electron chi connectivity index (χ2n) is 10.9. The zero-order valence-corrected chi connectivity index (χ0v) is 19.7. The molecule has 2 aromatic carbocycles. The minimum atomic E-state index is -0.208. The number of carbonyl (C=O) groups is 1. The molecule has 0 aromatic heterocycles. The van der Waals surface area contributed by atoms with Gasteiger partial charge in [0.2, 0.25) is 5.91 Å². The number of carbonyl (C=O) groups excluding carboxylic acids is 1. The van der Waals surface area contributed by atoms with Crippen molar-refractivity contribution >= 4 is 5.91 Å². The van der Waals surface area contributed by atoms with E-state index in [0.717, 1.165) is 31.6 Å². The Kier molecular flexibility index (Phi) is 5.53. The largest absolute Gasteiger partial charge is 0.497 e. The number of nitrogens with one attached hydrogen (secondary N) is 1. The van der Waals surface area contributed by atoms with Crippen molar-refractivity contribution in [2.75, 3.05) is 21.2 Å². The summed E-state index contributed by atoms with van der Waals surface area (Å²) in [6.07, 6.45) is 6.88. The van der Waals surface area contributed by atoms with Gasteiger partial charge >= 0.3 is 0 Å². The van der Waals surface area contributed by atoms with Crippen molar-refractivity contribution < 1.29 is 9.53 Å². The van der Waals surface area contributed by atoms with E-state index < -0.39 is 0 Å². The molecule has 4 bridgehead atoms. The summed E-state index contributed by atoms with van der Waals surface area (Å²) >= 11 is 0. The molecule has 1 amide bonds. The molecular formula is C28H36N2O2. The molecule has 0 radical (unpaired) electrons. The molecule has 0 unspecified atom stereocenters. The number of rotatable bonds is 7. The van der Waals surface area contributed by atoms with Crippen LogP contribution in [-0.4, -0.2) is 32.0 Å². The standard InChI is InChI=1S/C28H36N2O2/c1-30(2)18-23-7-5-4-6-22(23)17-29-26(31)28-15-20-12-21(16-28)14-27(13-20,19-28)24-8-10-25(32-3)11-9-24/h4-11,20-21H,12-19H2,1-3H3,(H,29,31)/t20-,21-,27?,28?/m0/s1. The molecule has 4 aliphatic carbocycles. The molecule has 32 heavy (non-hydrogen) atoms. The van der Waals surface area contributed by atoms with Gasteiger partial charge in [0.1, 0.15) is 5.75 Å². The quantitative estimate of drug-likeness (QED) is 0.676. The lowest BCUT2D eigenvalue weighted by molar-refractivity contribution is -0.149. The third-order valence-electron chi connectivity index (χ3n) is 8.29. The van der Waals surface area contributed by atoms with Crippen molar-refractivity contribution in [2.24, 2.45) is 17.3 Å². The fourth-order valence-electron chi connectivity index (χ4n) is 7.40. The molecule has 4 fully saturated rings. The van der Waals surface area contributed by atoms with Crippen molar-refractivity contribution in [2.45, 2.75) is 57.0 Å². The Morgan fingerprint density at radius 2 is 1.66 bits per heavy atom. The molecule has 2 aromatic rings. The van der Waals surface area contributed by atoms with Gasteiger partial charge in [0.05, 0.1) is 12.5 Å². The fraction of sp³-hybridized carbons (Fsp3) is 0.536. The van der Waals surface area contributed by atoms with E-state index >= 15 is 0 Å². The lowest BCUT2D eigenvalue weighted by Gasteiger charge is -2.61. The summed E-state index contributed by atoms with van der Waals surface area (Å²) in [5.41, 5.74) is 3.86. The molecule has 6 rings (SSSR count). The van der Waals surface area contributed by atoms with Crippen LogP contribution < -0.4 is 10.1 Å². The molecule has 0 heterocycles.